The van der Waals surface area contributed by atoms with Gasteiger partial charge in [-0.2, -0.15) is 0 Å². The van der Waals surface area contributed by atoms with Crippen LogP contribution in [0.3, 0.4) is 0 Å². The summed E-state index contributed by atoms with van der Waals surface area (Å²) < 4.78 is 0. The first-order valence-corrected chi connectivity index (χ1v) is 9.76. The quantitative estimate of drug-likeness (QED) is 0.439. The van der Waals surface area contributed by atoms with Crippen molar-refractivity contribution >= 4 is 17.8 Å². The Morgan fingerprint density at radius 2 is 1.24 bits per heavy atom. The van der Waals surface area contributed by atoms with E-state index in [4.69, 9.17) is 0 Å². The molecule has 0 aliphatic rings. The third kappa shape index (κ3) is 7.13. The molecule has 1 aromatic carbocycles. The van der Waals surface area contributed by atoms with E-state index in [1.807, 2.05) is 24.5 Å². The van der Waals surface area contributed by atoms with Gasteiger partial charge in [-0.05, 0) is 48.2 Å². The number of nitrogens with zero attached hydrogens (tertiary/aromatic N) is 2. The summed E-state index contributed by atoms with van der Waals surface area (Å²) in [6.07, 6.45) is 15.7. The number of benzene rings is 1. The van der Waals surface area contributed by atoms with Crippen LogP contribution in [0, 0.1) is 0 Å². The second-order valence-corrected chi connectivity index (χ2v) is 6.61. The zero-order chi connectivity index (χ0) is 17.7. The van der Waals surface area contributed by atoms with Crippen molar-refractivity contribution in [1.29, 1.82) is 0 Å². The van der Waals surface area contributed by atoms with Gasteiger partial charge in [0.15, 0.2) is 0 Å². The predicted octanol–water partition coefficient (Wildman–Crippen LogP) is 6.44. The van der Waals surface area contributed by atoms with Gasteiger partial charge in [-0.3, -0.25) is 4.98 Å². The highest BCUT2D eigenvalue weighted by Gasteiger charge is 2.05. The summed E-state index contributed by atoms with van der Waals surface area (Å²) in [5, 5.41) is 0. The molecule has 0 saturated carbocycles. The lowest BCUT2D eigenvalue weighted by Gasteiger charge is -2.25. The molecule has 0 spiro atoms. The highest BCUT2D eigenvalue weighted by Crippen LogP contribution is 2.19. The first-order chi connectivity index (χ1) is 12.3. The number of aromatic nitrogens is 1. The van der Waals surface area contributed by atoms with Crippen molar-refractivity contribution < 1.29 is 0 Å². The Morgan fingerprint density at radius 1 is 0.720 bits per heavy atom. The van der Waals surface area contributed by atoms with Crippen molar-refractivity contribution in [1.82, 2.24) is 4.98 Å². The number of pyridine rings is 1. The molecule has 0 radical (unpaired) electrons. The zero-order valence-corrected chi connectivity index (χ0v) is 15.8. The van der Waals surface area contributed by atoms with Crippen molar-refractivity contribution in [2.24, 2.45) is 0 Å². The van der Waals surface area contributed by atoms with Crippen molar-refractivity contribution in [3.05, 3.63) is 59.9 Å². The third-order valence-corrected chi connectivity index (χ3v) is 4.50. The maximum absolute atomic E-state index is 4.05. The van der Waals surface area contributed by atoms with Crippen LogP contribution >= 0.6 is 0 Å². The van der Waals surface area contributed by atoms with Gasteiger partial charge in [-0.25, -0.2) is 0 Å². The lowest BCUT2D eigenvalue weighted by Crippen LogP contribution is -2.25. The summed E-state index contributed by atoms with van der Waals surface area (Å²) in [5.74, 6) is 0. The third-order valence-electron chi connectivity index (χ3n) is 4.50. The first kappa shape index (κ1) is 19.2. The standard InChI is InChI=1S/C23H32N2/c1-3-5-7-19-25(20-8-6-4-2)23-13-11-21(12-14-23)9-10-22-15-17-24-18-16-22/h9-18H,3-8,19-20H2,1-2H3. The fourth-order valence-electron chi connectivity index (χ4n) is 2.94. The number of rotatable bonds is 11. The predicted molar refractivity (Wildman–Crippen MR) is 111 cm³/mol. The molecule has 0 unspecified atom stereocenters. The van der Waals surface area contributed by atoms with E-state index in [2.05, 4.69) is 60.1 Å². The molecule has 2 heteroatoms. The van der Waals surface area contributed by atoms with Crippen LogP contribution in [0.1, 0.15) is 63.5 Å². The minimum absolute atomic E-state index is 1.17. The summed E-state index contributed by atoms with van der Waals surface area (Å²) in [7, 11) is 0. The Morgan fingerprint density at radius 3 is 1.76 bits per heavy atom. The molecule has 0 amide bonds. The van der Waals surface area contributed by atoms with E-state index in [0.717, 1.165) is 0 Å². The molecular formula is C23H32N2. The van der Waals surface area contributed by atoms with E-state index in [-0.39, 0.29) is 0 Å². The molecule has 0 saturated heterocycles. The van der Waals surface area contributed by atoms with Crippen molar-refractivity contribution in [2.75, 3.05) is 18.0 Å². The summed E-state index contributed by atoms with van der Waals surface area (Å²) in [6.45, 7) is 6.88. The molecule has 0 fully saturated rings. The molecule has 2 aromatic rings. The molecule has 0 bridgehead atoms. The second-order valence-electron chi connectivity index (χ2n) is 6.61. The minimum atomic E-state index is 1.17. The van der Waals surface area contributed by atoms with E-state index < -0.39 is 0 Å². The Balaban J connectivity index is 1.99. The molecular weight excluding hydrogens is 304 g/mol. The van der Waals surface area contributed by atoms with Crippen molar-refractivity contribution in [3.8, 4) is 0 Å². The molecule has 134 valence electrons. The van der Waals surface area contributed by atoms with Gasteiger partial charge in [0.2, 0.25) is 0 Å². The molecule has 2 nitrogen and oxygen atoms in total. The fourth-order valence-corrected chi connectivity index (χ4v) is 2.94. The van der Waals surface area contributed by atoms with Crippen LogP contribution in [-0.2, 0) is 0 Å². The molecule has 25 heavy (non-hydrogen) atoms. The van der Waals surface area contributed by atoms with Crippen molar-refractivity contribution in [3.63, 3.8) is 0 Å². The molecule has 1 heterocycles. The van der Waals surface area contributed by atoms with Crippen LogP contribution in [-0.4, -0.2) is 18.1 Å². The Hall–Kier alpha value is -2.09. The van der Waals surface area contributed by atoms with Crippen LogP contribution in [0.5, 0.6) is 0 Å². The first-order valence-electron chi connectivity index (χ1n) is 9.76. The van der Waals surface area contributed by atoms with Crippen LogP contribution < -0.4 is 4.90 Å². The summed E-state index contributed by atoms with van der Waals surface area (Å²) in [6, 6.07) is 13.0. The highest BCUT2D eigenvalue weighted by atomic mass is 15.1. The second kappa shape index (κ2) is 11.5. The molecule has 1 aromatic heterocycles. The van der Waals surface area contributed by atoms with Gasteiger partial charge >= 0.3 is 0 Å². The summed E-state index contributed by atoms with van der Waals surface area (Å²) >= 11 is 0. The van der Waals surface area contributed by atoms with Gasteiger partial charge < -0.3 is 4.90 Å². The summed E-state index contributed by atoms with van der Waals surface area (Å²) in [5.41, 5.74) is 3.77. The maximum atomic E-state index is 4.05. The van der Waals surface area contributed by atoms with E-state index in [1.54, 1.807) is 0 Å². The molecule has 0 atom stereocenters. The normalized spacial score (nSPS) is 11.1. The molecule has 0 aliphatic carbocycles. The van der Waals surface area contributed by atoms with E-state index in [9.17, 15) is 0 Å². The Kier molecular flexibility index (Phi) is 8.82. The molecule has 0 N–H and O–H groups in total. The van der Waals surface area contributed by atoms with Crippen LogP contribution in [0.4, 0.5) is 5.69 Å². The van der Waals surface area contributed by atoms with Crippen LogP contribution in [0.25, 0.3) is 12.2 Å². The molecule has 0 aliphatic heterocycles. The monoisotopic (exact) mass is 336 g/mol. The van der Waals surface area contributed by atoms with Crippen LogP contribution in [0.15, 0.2) is 48.8 Å². The average Bonchev–Trinajstić information content (AvgIpc) is 2.67. The van der Waals surface area contributed by atoms with Gasteiger partial charge in [0.1, 0.15) is 0 Å². The van der Waals surface area contributed by atoms with Gasteiger partial charge in [0.25, 0.3) is 0 Å². The number of hydrogen-bond acceptors (Lipinski definition) is 2. The largest absolute Gasteiger partial charge is 0.372 e. The number of unbranched alkanes of at least 4 members (excludes halogenated alkanes) is 4. The van der Waals surface area contributed by atoms with Gasteiger partial charge in [-0.1, -0.05) is 63.8 Å². The minimum Gasteiger partial charge on any atom is -0.372 e. The van der Waals surface area contributed by atoms with Gasteiger partial charge in [0, 0.05) is 31.2 Å². The number of hydrogen-bond donors (Lipinski definition) is 0. The lowest BCUT2D eigenvalue weighted by molar-refractivity contribution is 0.636. The lowest BCUT2D eigenvalue weighted by atomic mass is 10.1. The van der Waals surface area contributed by atoms with Gasteiger partial charge in [-0.15, -0.1) is 0 Å². The molecule has 2 rings (SSSR count). The SMILES string of the molecule is CCCCCN(CCCCC)c1ccc(C=Cc2ccncc2)cc1. The van der Waals surface area contributed by atoms with E-state index >= 15 is 0 Å². The van der Waals surface area contributed by atoms with Crippen LogP contribution in [0.2, 0.25) is 0 Å². The van der Waals surface area contributed by atoms with E-state index in [1.165, 1.54) is 68.4 Å². The van der Waals surface area contributed by atoms with Crippen molar-refractivity contribution in [2.45, 2.75) is 52.4 Å². The number of anilines is 1. The Bertz CT molecular complexity index is 592. The van der Waals surface area contributed by atoms with E-state index in [0.29, 0.717) is 0 Å². The smallest absolute Gasteiger partial charge is 0.0366 e. The maximum Gasteiger partial charge on any atom is 0.0366 e. The summed E-state index contributed by atoms with van der Waals surface area (Å²) in [4.78, 5) is 6.61. The highest BCUT2D eigenvalue weighted by molar-refractivity contribution is 5.70. The zero-order valence-electron chi connectivity index (χ0n) is 15.8. The fraction of sp³-hybridized carbons (Fsp3) is 0.435. The van der Waals surface area contributed by atoms with Gasteiger partial charge in [0.05, 0.1) is 0 Å². The topological polar surface area (TPSA) is 16.1 Å². The average molecular weight is 337 g/mol. The Labute approximate surface area is 153 Å².